The number of rotatable bonds is 2. The Morgan fingerprint density at radius 2 is 1.83 bits per heavy atom. The summed E-state index contributed by atoms with van der Waals surface area (Å²) >= 11 is 0. The summed E-state index contributed by atoms with van der Waals surface area (Å²) in [5.74, 6) is 1.05. The van der Waals surface area contributed by atoms with Crippen LogP contribution in [0.2, 0.25) is 0 Å². The molecule has 0 spiro atoms. The predicted molar refractivity (Wildman–Crippen MR) is 92.4 cm³/mol. The van der Waals surface area contributed by atoms with Crippen LogP contribution in [-0.4, -0.2) is 17.0 Å². The van der Waals surface area contributed by atoms with E-state index in [9.17, 15) is 9.90 Å². The number of Topliss-reactive ketones (excluding diaryl/α,β-unsaturated/α-hetero) is 1. The molecule has 3 nitrogen and oxygen atoms in total. The van der Waals surface area contributed by atoms with Crippen LogP contribution in [0.3, 0.4) is 0 Å². The third-order valence-corrected chi connectivity index (χ3v) is 5.18. The van der Waals surface area contributed by atoms with E-state index in [0.29, 0.717) is 18.4 Å². The molecule has 1 saturated carbocycles. The molecule has 2 aromatic carbocycles. The Morgan fingerprint density at radius 3 is 2.58 bits per heavy atom. The van der Waals surface area contributed by atoms with Crippen molar-refractivity contribution in [2.24, 2.45) is 0 Å². The molecule has 122 valence electrons. The summed E-state index contributed by atoms with van der Waals surface area (Å²) in [5.41, 5.74) is 2.81. The first kappa shape index (κ1) is 15.0. The van der Waals surface area contributed by atoms with Crippen LogP contribution in [0.1, 0.15) is 42.7 Å². The van der Waals surface area contributed by atoms with Crippen LogP contribution in [-0.2, 0) is 4.79 Å². The first-order valence-electron chi connectivity index (χ1n) is 8.46. The van der Waals surface area contributed by atoms with E-state index in [0.717, 1.165) is 11.3 Å². The fourth-order valence-electron chi connectivity index (χ4n) is 4.00. The van der Waals surface area contributed by atoms with Gasteiger partial charge in [0.05, 0.1) is 5.76 Å². The highest BCUT2D eigenvalue weighted by atomic mass is 16.5. The van der Waals surface area contributed by atoms with E-state index in [1.807, 2.05) is 43.3 Å². The molecule has 4 rings (SSSR count). The molecule has 0 bridgehead atoms. The summed E-state index contributed by atoms with van der Waals surface area (Å²) in [7, 11) is 0. The second-order valence-corrected chi connectivity index (χ2v) is 6.47. The molecule has 3 heteroatoms. The number of allylic oxidation sites excluding steroid dienone is 1. The van der Waals surface area contributed by atoms with Crippen molar-refractivity contribution in [1.82, 2.24) is 0 Å². The van der Waals surface area contributed by atoms with Crippen molar-refractivity contribution in [1.29, 1.82) is 0 Å². The summed E-state index contributed by atoms with van der Waals surface area (Å²) in [5, 5.41) is 10.3. The smallest absolute Gasteiger partial charge is 0.203 e. The van der Waals surface area contributed by atoms with Gasteiger partial charge >= 0.3 is 0 Å². The molecule has 24 heavy (non-hydrogen) atoms. The van der Waals surface area contributed by atoms with E-state index in [1.165, 1.54) is 5.56 Å². The lowest BCUT2D eigenvalue weighted by molar-refractivity contribution is -0.124. The SMILES string of the molecule is CC/C(O)=C1\C[C@H](c2ccccc2)[C@H]2c3ccccc3O[C@H]2C1=O. The molecule has 2 aliphatic rings. The monoisotopic (exact) mass is 320 g/mol. The Kier molecular flexibility index (Phi) is 3.64. The number of hydrogen-bond acceptors (Lipinski definition) is 3. The van der Waals surface area contributed by atoms with Gasteiger partial charge < -0.3 is 9.84 Å². The van der Waals surface area contributed by atoms with Gasteiger partial charge in [0.15, 0.2) is 6.10 Å². The van der Waals surface area contributed by atoms with Crippen LogP contribution in [0.4, 0.5) is 0 Å². The summed E-state index contributed by atoms with van der Waals surface area (Å²) in [4.78, 5) is 12.9. The highest BCUT2D eigenvalue weighted by Gasteiger charge is 2.49. The van der Waals surface area contributed by atoms with Gasteiger partial charge in [-0.05, 0) is 24.0 Å². The summed E-state index contributed by atoms with van der Waals surface area (Å²) in [6, 6.07) is 18.1. The first-order chi connectivity index (χ1) is 11.7. The van der Waals surface area contributed by atoms with E-state index in [2.05, 4.69) is 18.2 Å². The highest BCUT2D eigenvalue weighted by Crippen LogP contribution is 2.52. The lowest BCUT2D eigenvalue weighted by Crippen LogP contribution is -2.39. The molecule has 0 saturated heterocycles. The van der Waals surface area contributed by atoms with Crippen molar-refractivity contribution in [2.45, 2.75) is 37.7 Å². The van der Waals surface area contributed by atoms with E-state index < -0.39 is 6.10 Å². The number of aliphatic hydroxyl groups is 1. The van der Waals surface area contributed by atoms with Gasteiger partial charge in [-0.2, -0.15) is 0 Å². The minimum Gasteiger partial charge on any atom is -0.512 e. The van der Waals surface area contributed by atoms with E-state index >= 15 is 0 Å². The van der Waals surface area contributed by atoms with Gasteiger partial charge in [0.1, 0.15) is 5.75 Å². The van der Waals surface area contributed by atoms with Crippen molar-refractivity contribution in [3.05, 3.63) is 77.1 Å². The predicted octanol–water partition coefficient (Wildman–Crippen LogP) is 4.51. The lowest BCUT2D eigenvalue weighted by atomic mass is 9.69. The second-order valence-electron chi connectivity index (χ2n) is 6.47. The fraction of sp³-hybridized carbons (Fsp3) is 0.286. The van der Waals surface area contributed by atoms with Crippen molar-refractivity contribution < 1.29 is 14.6 Å². The minimum atomic E-state index is -0.537. The van der Waals surface area contributed by atoms with Crippen LogP contribution in [0.5, 0.6) is 5.75 Å². The molecular weight excluding hydrogens is 300 g/mol. The number of carbonyl (C=O) groups excluding carboxylic acids is 1. The van der Waals surface area contributed by atoms with Gasteiger partial charge in [-0.15, -0.1) is 0 Å². The van der Waals surface area contributed by atoms with E-state index in [-0.39, 0.29) is 23.4 Å². The van der Waals surface area contributed by atoms with Crippen molar-refractivity contribution in [2.75, 3.05) is 0 Å². The number of ether oxygens (including phenoxy) is 1. The summed E-state index contributed by atoms with van der Waals surface area (Å²) in [6.07, 6.45) is 0.485. The maximum Gasteiger partial charge on any atom is 0.203 e. The number of aliphatic hydroxyl groups excluding tert-OH is 1. The van der Waals surface area contributed by atoms with Gasteiger partial charge in [-0.25, -0.2) is 0 Å². The lowest BCUT2D eigenvalue weighted by Gasteiger charge is -2.34. The van der Waals surface area contributed by atoms with Crippen molar-refractivity contribution >= 4 is 5.78 Å². The molecule has 0 unspecified atom stereocenters. The number of ketones is 1. The molecule has 2 aromatic rings. The average molecular weight is 320 g/mol. The normalized spacial score (nSPS) is 27.2. The largest absolute Gasteiger partial charge is 0.512 e. The summed E-state index contributed by atoms with van der Waals surface area (Å²) in [6.45, 7) is 1.86. The maximum absolute atomic E-state index is 12.9. The Balaban J connectivity index is 1.85. The first-order valence-corrected chi connectivity index (χ1v) is 8.46. The number of para-hydroxylation sites is 1. The van der Waals surface area contributed by atoms with E-state index in [1.54, 1.807) is 0 Å². The molecule has 1 heterocycles. The topological polar surface area (TPSA) is 46.5 Å². The molecule has 1 aliphatic carbocycles. The molecule has 0 aromatic heterocycles. The Hall–Kier alpha value is -2.55. The number of benzene rings is 2. The Bertz CT molecular complexity index is 807. The van der Waals surface area contributed by atoms with E-state index in [4.69, 9.17) is 4.74 Å². The third kappa shape index (κ3) is 2.23. The van der Waals surface area contributed by atoms with Crippen molar-refractivity contribution in [3.63, 3.8) is 0 Å². The van der Waals surface area contributed by atoms with Gasteiger partial charge in [0.25, 0.3) is 0 Å². The number of carbonyl (C=O) groups is 1. The molecule has 0 radical (unpaired) electrons. The number of hydrogen-bond donors (Lipinski definition) is 1. The van der Waals surface area contributed by atoms with Crippen LogP contribution >= 0.6 is 0 Å². The molecule has 0 amide bonds. The third-order valence-electron chi connectivity index (χ3n) is 5.18. The maximum atomic E-state index is 12.9. The second kappa shape index (κ2) is 5.82. The molecule has 3 atom stereocenters. The van der Waals surface area contributed by atoms with Crippen LogP contribution in [0.25, 0.3) is 0 Å². The van der Waals surface area contributed by atoms with Gasteiger partial charge in [0, 0.05) is 23.5 Å². The zero-order chi connectivity index (χ0) is 16.7. The van der Waals surface area contributed by atoms with Crippen LogP contribution < -0.4 is 4.74 Å². The zero-order valence-electron chi connectivity index (χ0n) is 13.6. The van der Waals surface area contributed by atoms with Crippen molar-refractivity contribution in [3.8, 4) is 5.75 Å². The standard InChI is InChI=1S/C21H20O3/c1-2-17(22)16-12-15(13-8-4-3-5-9-13)19-14-10-6-7-11-18(14)24-21(19)20(16)23/h3-11,15,19,21-22H,2,12H2,1H3/b17-16-/t15-,19-,21-/m1/s1. The Labute approximate surface area is 141 Å². The Morgan fingerprint density at radius 1 is 1.12 bits per heavy atom. The zero-order valence-corrected chi connectivity index (χ0v) is 13.6. The number of fused-ring (bicyclic) bond motifs is 3. The highest BCUT2D eigenvalue weighted by molar-refractivity contribution is 6.02. The molecular formula is C21H20O3. The van der Waals surface area contributed by atoms with Gasteiger partial charge in [-0.3, -0.25) is 4.79 Å². The van der Waals surface area contributed by atoms with Gasteiger partial charge in [0.2, 0.25) is 5.78 Å². The fourth-order valence-corrected chi connectivity index (χ4v) is 4.00. The molecule has 1 aliphatic heterocycles. The quantitative estimate of drug-likeness (QED) is 0.654. The van der Waals surface area contributed by atoms with Crippen LogP contribution in [0.15, 0.2) is 65.9 Å². The molecule has 1 fully saturated rings. The molecule has 1 N–H and O–H groups in total. The van der Waals surface area contributed by atoms with Gasteiger partial charge in [-0.1, -0.05) is 55.5 Å². The van der Waals surface area contributed by atoms with Crippen LogP contribution in [0, 0.1) is 0 Å². The minimum absolute atomic E-state index is 0.00417. The average Bonchev–Trinajstić information content (AvgIpc) is 3.02. The summed E-state index contributed by atoms with van der Waals surface area (Å²) < 4.78 is 6.00.